The van der Waals surface area contributed by atoms with Gasteiger partial charge in [0.15, 0.2) is 0 Å². The molecule has 0 heterocycles. The summed E-state index contributed by atoms with van der Waals surface area (Å²) < 4.78 is 0. The molecule has 1 aromatic rings. The van der Waals surface area contributed by atoms with E-state index < -0.39 is 0 Å². The second kappa shape index (κ2) is 6.43. The number of para-hydroxylation sites is 1. The minimum Gasteiger partial charge on any atom is -0.396 e. The summed E-state index contributed by atoms with van der Waals surface area (Å²) in [6, 6.07) is 9.95. The SMILES string of the molecule is C[C@@H](O)CN(CCCO)c1ccccc1. The highest BCUT2D eigenvalue weighted by Crippen LogP contribution is 2.13. The number of benzene rings is 1. The quantitative estimate of drug-likeness (QED) is 0.741. The van der Waals surface area contributed by atoms with E-state index in [4.69, 9.17) is 5.11 Å². The van der Waals surface area contributed by atoms with Gasteiger partial charge in [-0.15, -0.1) is 0 Å². The molecule has 0 aliphatic carbocycles. The van der Waals surface area contributed by atoms with Gasteiger partial charge in [-0.05, 0) is 25.5 Å². The summed E-state index contributed by atoms with van der Waals surface area (Å²) in [5.41, 5.74) is 1.09. The van der Waals surface area contributed by atoms with Crippen LogP contribution in [0.2, 0.25) is 0 Å². The highest BCUT2D eigenvalue weighted by atomic mass is 16.3. The van der Waals surface area contributed by atoms with Gasteiger partial charge in [-0.3, -0.25) is 0 Å². The average Bonchev–Trinajstić information content (AvgIpc) is 2.25. The van der Waals surface area contributed by atoms with Gasteiger partial charge in [-0.1, -0.05) is 18.2 Å². The van der Waals surface area contributed by atoms with Crippen LogP contribution in [0.5, 0.6) is 0 Å². The minimum atomic E-state index is -0.358. The lowest BCUT2D eigenvalue weighted by Gasteiger charge is -2.25. The van der Waals surface area contributed by atoms with Crippen LogP contribution < -0.4 is 4.90 Å². The Bertz CT molecular complexity index is 262. The molecular weight excluding hydrogens is 190 g/mol. The largest absolute Gasteiger partial charge is 0.396 e. The van der Waals surface area contributed by atoms with Gasteiger partial charge in [-0.25, -0.2) is 0 Å². The summed E-state index contributed by atoms with van der Waals surface area (Å²) in [5, 5.41) is 18.2. The van der Waals surface area contributed by atoms with Crippen molar-refractivity contribution >= 4 is 5.69 Å². The summed E-state index contributed by atoms with van der Waals surface area (Å²) in [6.07, 6.45) is 0.366. The first-order valence-electron chi connectivity index (χ1n) is 5.33. The van der Waals surface area contributed by atoms with Crippen LogP contribution in [0.1, 0.15) is 13.3 Å². The van der Waals surface area contributed by atoms with E-state index in [0.717, 1.165) is 18.7 Å². The molecule has 1 atom stereocenters. The van der Waals surface area contributed by atoms with Gasteiger partial charge < -0.3 is 15.1 Å². The fourth-order valence-corrected chi connectivity index (χ4v) is 1.55. The number of nitrogens with zero attached hydrogens (tertiary/aromatic N) is 1. The van der Waals surface area contributed by atoms with Crippen LogP contribution in [0.15, 0.2) is 30.3 Å². The molecule has 0 saturated carbocycles. The molecule has 1 rings (SSSR count). The van der Waals surface area contributed by atoms with Crippen LogP contribution in [-0.2, 0) is 0 Å². The highest BCUT2D eigenvalue weighted by Gasteiger charge is 2.08. The third-order valence-electron chi connectivity index (χ3n) is 2.19. The Labute approximate surface area is 91.0 Å². The monoisotopic (exact) mass is 209 g/mol. The van der Waals surface area contributed by atoms with Crippen LogP contribution in [0.3, 0.4) is 0 Å². The Morgan fingerprint density at radius 2 is 1.93 bits per heavy atom. The highest BCUT2D eigenvalue weighted by molar-refractivity contribution is 5.45. The molecule has 1 aromatic carbocycles. The lowest BCUT2D eigenvalue weighted by Crippen LogP contribution is -2.32. The number of hydrogen-bond acceptors (Lipinski definition) is 3. The number of aliphatic hydroxyl groups is 2. The molecular formula is C12H19NO2. The fourth-order valence-electron chi connectivity index (χ4n) is 1.55. The third-order valence-corrected chi connectivity index (χ3v) is 2.19. The van der Waals surface area contributed by atoms with E-state index in [0.29, 0.717) is 6.54 Å². The second-order valence-corrected chi connectivity index (χ2v) is 3.71. The lowest BCUT2D eigenvalue weighted by atomic mass is 10.2. The van der Waals surface area contributed by atoms with E-state index in [1.54, 1.807) is 6.92 Å². The fraction of sp³-hybridized carbons (Fsp3) is 0.500. The molecule has 0 aliphatic rings. The van der Waals surface area contributed by atoms with Gasteiger partial charge in [0.2, 0.25) is 0 Å². The first-order valence-corrected chi connectivity index (χ1v) is 5.33. The molecule has 15 heavy (non-hydrogen) atoms. The molecule has 2 N–H and O–H groups in total. The average molecular weight is 209 g/mol. The Hall–Kier alpha value is -1.06. The molecule has 0 amide bonds. The number of anilines is 1. The van der Waals surface area contributed by atoms with Gasteiger partial charge in [0.1, 0.15) is 0 Å². The molecule has 0 unspecified atom stereocenters. The van der Waals surface area contributed by atoms with Crippen molar-refractivity contribution in [1.29, 1.82) is 0 Å². The predicted octanol–water partition coefficient (Wildman–Crippen LogP) is 1.26. The van der Waals surface area contributed by atoms with E-state index in [1.165, 1.54) is 0 Å². The first kappa shape index (κ1) is 12.0. The molecule has 3 nitrogen and oxygen atoms in total. The van der Waals surface area contributed by atoms with Gasteiger partial charge in [-0.2, -0.15) is 0 Å². The Kier molecular flexibility index (Phi) is 5.15. The van der Waals surface area contributed by atoms with Gasteiger partial charge in [0.05, 0.1) is 6.10 Å². The van der Waals surface area contributed by atoms with Crippen molar-refractivity contribution in [2.45, 2.75) is 19.4 Å². The van der Waals surface area contributed by atoms with Crippen molar-refractivity contribution in [2.24, 2.45) is 0 Å². The van der Waals surface area contributed by atoms with Crippen molar-refractivity contribution in [1.82, 2.24) is 0 Å². The minimum absolute atomic E-state index is 0.184. The maximum Gasteiger partial charge on any atom is 0.0687 e. The molecule has 0 fully saturated rings. The van der Waals surface area contributed by atoms with Crippen LogP contribution >= 0.6 is 0 Å². The third kappa shape index (κ3) is 4.32. The Balaban J connectivity index is 2.63. The van der Waals surface area contributed by atoms with Crippen molar-refractivity contribution in [3.63, 3.8) is 0 Å². The van der Waals surface area contributed by atoms with Crippen LogP contribution in [0.25, 0.3) is 0 Å². The van der Waals surface area contributed by atoms with Crippen molar-refractivity contribution in [3.05, 3.63) is 30.3 Å². The Morgan fingerprint density at radius 1 is 1.27 bits per heavy atom. The molecule has 0 spiro atoms. The standard InChI is InChI=1S/C12H19NO2/c1-11(15)10-13(8-5-9-14)12-6-3-2-4-7-12/h2-4,6-7,11,14-15H,5,8-10H2,1H3/t11-/m1/s1. The molecule has 3 heteroatoms. The number of rotatable bonds is 6. The summed E-state index contributed by atoms with van der Waals surface area (Å²) in [6.45, 7) is 3.33. The van der Waals surface area contributed by atoms with E-state index in [9.17, 15) is 5.11 Å². The van der Waals surface area contributed by atoms with Crippen LogP contribution in [-0.4, -0.2) is 36.0 Å². The zero-order chi connectivity index (χ0) is 11.1. The normalized spacial score (nSPS) is 12.5. The topological polar surface area (TPSA) is 43.7 Å². The summed E-state index contributed by atoms with van der Waals surface area (Å²) in [7, 11) is 0. The predicted molar refractivity (Wildman–Crippen MR) is 62.0 cm³/mol. The molecule has 0 saturated heterocycles. The van der Waals surface area contributed by atoms with Crippen molar-refractivity contribution < 1.29 is 10.2 Å². The van der Waals surface area contributed by atoms with E-state index in [-0.39, 0.29) is 12.7 Å². The number of aliphatic hydroxyl groups excluding tert-OH is 2. The van der Waals surface area contributed by atoms with Gasteiger partial charge in [0, 0.05) is 25.4 Å². The smallest absolute Gasteiger partial charge is 0.0687 e. The molecule has 0 bridgehead atoms. The summed E-state index contributed by atoms with van der Waals surface area (Å²) in [4.78, 5) is 2.08. The Morgan fingerprint density at radius 3 is 2.47 bits per heavy atom. The summed E-state index contributed by atoms with van der Waals surface area (Å²) >= 11 is 0. The lowest BCUT2D eigenvalue weighted by molar-refractivity contribution is 0.198. The molecule has 0 aliphatic heterocycles. The summed E-state index contributed by atoms with van der Waals surface area (Å²) in [5.74, 6) is 0. The molecule has 0 radical (unpaired) electrons. The van der Waals surface area contributed by atoms with E-state index in [1.807, 2.05) is 30.3 Å². The molecule has 84 valence electrons. The first-order chi connectivity index (χ1) is 7.24. The van der Waals surface area contributed by atoms with E-state index in [2.05, 4.69) is 4.90 Å². The van der Waals surface area contributed by atoms with Gasteiger partial charge in [0.25, 0.3) is 0 Å². The van der Waals surface area contributed by atoms with Crippen LogP contribution in [0.4, 0.5) is 5.69 Å². The van der Waals surface area contributed by atoms with Crippen molar-refractivity contribution in [3.8, 4) is 0 Å². The van der Waals surface area contributed by atoms with Gasteiger partial charge >= 0.3 is 0 Å². The van der Waals surface area contributed by atoms with Crippen LogP contribution in [0, 0.1) is 0 Å². The second-order valence-electron chi connectivity index (χ2n) is 3.71. The maximum absolute atomic E-state index is 9.38. The van der Waals surface area contributed by atoms with Crippen molar-refractivity contribution in [2.75, 3.05) is 24.6 Å². The number of hydrogen-bond donors (Lipinski definition) is 2. The van der Waals surface area contributed by atoms with E-state index >= 15 is 0 Å². The zero-order valence-corrected chi connectivity index (χ0v) is 9.13. The molecule has 0 aromatic heterocycles. The zero-order valence-electron chi connectivity index (χ0n) is 9.13. The maximum atomic E-state index is 9.38.